The van der Waals surface area contributed by atoms with E-state index in [1.54, 1.807) is 18.3 Å². The average molecular weight is 409 g/mol. The van der Waals surface area contributed by atoms with E-state index in [0.29, 0.717) is 40.9 Å². The van der Waals surface area contributed by atoms with Gasteiger partial charge in [0, 0.05) is 34.5 Å². The molecular weight excluding hydrogens is 385 g/mol. The Balaban J connectivity index is 1.92. The maximum absolute atomic E-state index is 13.4. The van der Waals surface area contributed by atoms with Crippen molar-refractivity contribution in [3.05, 3.63) is 64.4 Å². The molecule has 6 nitrogen and oxygen atoms in total. The highest BCUT2D eigenvalue weighted by Gasteiger charge is 2.44. The van der Waals surface area contributed by atoms with Crippen molar-refractivity contribution in [2.24, 2.45) is 5.41 Å². The van der Waals surface area contributed by atoms with Crippen LogP contribution in [0.5, 0.6) is 0 Å². The minimum atomic E-state index is -0.615. The van der Waals surface area contributed by atoms with Crippen LogP contribution >= 0.6 is 0 Å². The molecule has 0 radical (unpaired) electrons. The number of carbonyl (C=O) groups excluding carboxylic acids is 2. The van der Waals surface area contributed by atoms with Crippen molar-refractivity contribution in [1.82, 2.24) is 15.5 Å². The Morgan fingerprint density at radius 2 is 1.93 bits per heavy atom. The SMILES string of the molecule is COC(=O)C1=C(C)NC2=C(C(=O)CC(C)(C)C2)[C@H]1c1cn[nH]c1-c1ccc(F)cc1. The number of aromatic nitrogens is 2. The number of H-pyrrole nitrogens is 1. The molecule has 1 aromatic carbocycles. The first-order valence-electron chi connectivity index (χ1n) is 9.83. The van der Waals surface area contributed by atoms with Gasteiger partial charge in [0.05, 0.1) is 30.5 Å². The van der Waals surface area contributed by atoms with Gasteiger partial charge in [0.15, 0.2) is 5.78 Å². The molecule has 1 aliphatic heterocycles. The highest BCUT2D eigenvalue weighted by atomic mass is 19.1. The topological polar surface area (TPSA) is 84.1 Å². The molecule has 0 unspecified atom stereocenters. The Kier molecular flexibility index (Phi) is 4.84. The molecule has 2 N–H and O–H groups in total. The second kappa shape index (κ2) is 7.23. The Morgan fingerprint density at radius 1 is 1.23 bits per heavy atom. The number of dihydropyridines is 1. The zero-order valence-electron chi connectivity index (χ0n) is 17.4. The van der Waals surface area contributed by atoms with Gasteiger partial charge in [-0.1, -0.05) is 13.8 Å². The zero-order chi connectivity index (χ0) is 21.6. The molecule has 0 saturated carbocycles. The van der Waals surface area contributed by atoms with Gasteiger partial charge in [0.2, 0.25) is 0 Å². The van der Waals surface area contributed by atoms with Crippen LogP contribution in [0.15, 0.2) is 53.0 Å². The van der Waals surface area contributed by atoms with Gasteiger partial charge in [0.25, 0.3) is 0 Å². The Morgan fingerprint density at radius 3 is 2.60 bits per heavy atom. The van der Waals surface area contributed by atoms with Gasteiger partial charge in [-0.2, -0.15) is 5.10 Å². The van der Waals surface area contributed by atoms with E-state index in [4.69, 9.17) is 4.74 Å². The number of esters is 1. The van der Waals surface area contributed by atoms with Crippen LogP contribution in [0.2, 0.25) is 0 Å². The zero-order valence-corrected chi connectivity index (χ0v) is 17.4. The molecule has 1 atom stereocenters. The Hall–Kier alpha value is -3.22. The molecule has 0 saturated heterocycles. The van der Waals surface area contributed by atoms with Crippen LogP contribution in [0.1, 0.15) is 45.1 Å². The first-order chi connectivity index (χ1) is 14.2. The van der Waals surface area contributed by atoms with Gasteiger partial charge >= 0.3 is 5.97 Å². The number of halogens is 1. The number of benzene rings is 1. The number of nitrogens with zero attached hydrogens (tertiary/aromatic N) is 1. The number of Topliss-reactive ketones (excluding diaryl/α,β-unsaturated/α-hetero) is 1. The maximum atomic E-state index is 13.4. The fourth-order valence-electron chi connectivity index (χ4n) is 4.49. The van der Waals surface area contributed by atoms with E-state index in [-0.39, 0.29) is 17.0 Å². The van der Waals surface area contributed by atoms with Gasteiger partial charge in [-0.15, -0.1) is 0 Å². The number of hydrogen-bond donors (Lipinski definition) is 2. The summed E-state index contributed by atoms with van der Waals surface area (Å²) < 4.78 is 18.5. The minimum absolute atomic E-state index is 0.00101. The highest BCUT2D eigenvalue weighted by molar-refractivity contribution is 6.04. The van der Waals surface area contributed by atoms with Gasteiger partial charge in [0.1, 0.15) is 5.82 Å². The normalized spacial score (nSPS) is 20.7. The fourth-order valence-corrected chi connectivity index (χ4v) is 4.49. The Bertz CT molecular complexity index is 1090. The number of carbonyl (C=O) groups is 2. The molecule has 2 aromatic rings. The smallest absolute Gasteiger partial charge is 0.336 e. The lowest BCUT2D eigenvalue weighted by Gasteiger charge is -2.39. The Labute approximate surface area is 174 Å². The summed E-state index contributed by atoms with van der Waals surface area (Å²) in [5.41, 5.74) is 4.31. The summed E-state index contributed by atoms with van der Waals surface area (Å²) >= 11 is 0. The van der Waals surface area contributed by atoms with E-state index in [9.17, 15) is 14.0 Å². The largest absolute Gasteiger partial charge is 0.466 e. The van der Waals surface area contributed by atoms with E-state index in [0.717, 1.165) is 11.3 Å². The molecular formula is C23H24FN3O3. The van der Waals surface area contributed by atoms with Crippen LogP contribution in [-0.2, 0) is 14.3 Å². The van der Waals surface area contributed by atoms with E-state index < -0.39 is 11.9 Å². The van der Waals surface area contributed by atoms with E-state index >= 15 is 0 Å². The summed E-state index contributed by atoms with van der Waals surface area (Å²) in [6.07, 6.45) is 2.71. The molecule has 2 heterocycles. The molecule has 1 aliphatic carbocycles. The van der Waals surface area contributed by atoms with E-state index in [1.165, 1.54) is 19.2 Å². The van der Waals surface area contributed by atoms with Crippen LogP contribution in [0.4, 0.5) is 4.39 Å². The third kappa shape index (κ3) is 3.34. The third-order valence-electron chi connectivity index (χ3n) is 5.76. The molecule has 30 heavy (non-hydrogen) atoms. The standard InChI is InChI=1S/C23H24FN3O3/c1-12-18(22(29)30-4)19(20-16(26-12)9-23(2,3)10-17(20)28)15-11-25-27-21(15)13-5-7-14(24)8-6-13/h5-8,11,19,26H,9-10H2,1-4H3,(H,25,27)/t19-/m0/s1. The van der Waals surface area contributed by atoms with Crippen molar-refractivity contribution >= 4 is 11.8 Å². The molecule has 156 valence electrons. The van der Waals surface area contributed by atoms with Gasteiger partial charge in [-0.25, -0.2) is 9.18 Å². The predicted molar refractivity (Wildman–Crippen MR) is 110 cm³/mol. The molecule has 0 amide bonds. The number of ether oxygens (including phenoxy) is 1. The monoisotopic (exact) mass is 409 g/mol. The van der Waals surface area contributed by atoms with Crippen molar-refractivity contribution in [1.29, 1.82) is 0 Å². The van der Waals surface area contributed by atoms with Gasteiger partial charge in [-0.05, 0) is 43.0 Å². The highest BCUT2D eigenvalue weighted by Crippen LogP contribution is 2.48. The number of allylic oxidation sites excluding steroid dienone is 3. The lowest BCUT2D eigenvalue weighted by molar-refractivity contribution is -0.136. The number of rotatable bonds is 3. The van der Waals surface area contributed by atoms with Crippen molar-refractivity contribution in [2.45, 2.75) is 39.5 Å². The molecule has 4 rings (SSSR count). The second-order valence-corrected chi connectivity index (χ2v) is 8.63. The third-order valence-corrected chi connectivity index (χ3v) is 5.76. The average Bonchev–Trinajstić information content (AvgIpc) is 3.15. The maximum Gasteiger partial charge on any atom is 0.336 e. The molecule has 2 aliphatic rings. The predicted octanol–water partition coefficient (Wildman–Crippen LogP) is 3.99. The molecule has 0 spiro atoms. The first kappa shape index (κ1) is 20.1. The van der Waals surface area contributed by atoms with Crippen LogP contribution in [0.3, 0.4) is 0 Å². The van der Waals surface area contributed by atoms with Crippen LogP contribution < -0.4 is 5.32 Å². The van der Waals surface area contributed by atoms with Gasteiger partial charge in [-0.3, -0.25) is 9.89 Å². The van der Waals surface area contributed by atoms with Gasteiger partial charge < -0.3 is 10.1 Å². The van der Waals surface area contributed by atoms with E-state index in [1.807, 2.05) is 6.92 Å². The summed E-state index contributed by atoms with van der Waals surface area (Å²) in [5.74, 6) is -1.46. The van der Waals surface area contributed by atoms with Crippen molar-refractivity contribution in [3.8, 4) is 11.3 Å². The molecule has 1 aromatic heterocycles. The van der Waals surface area contributed by atoms with Crippen LogP contribution in [0.25, 0.3) is 11.3 Å². The minimum Gasteiger partial charge on any atom is -0.466 e. The van der Waals surface area contributed by atoms with Crippen molar-refractivity contribution in [3.63, 3.8) is 0 Å². The van der Waals surface area contributed by atoms with Crippen LogP contribution in [0, 0.1) is 11.2 Å². The molecule has 0 fully saturated rings. The lowest BCUT2D eigenvalue weighted by atomic mass is 9.68. The number of ketones is 1. The van der Waals surface area contributed by atoms with Crippen molar-refractivity contribution in [2.75, 3.05) is 7.11 Å². The van der Waals surface area contributed by atoms with Crippen LogP contribution in [-0.4, -0.2) is 29.1 Å². The van der Waals surface area contributed by atoms with E-state index in [2.05, 4.69) is 29.4 Å². The number of methoxy groups -OCH3 is 1. The first-order valence-corrected chi connectivity index (χ1v) is 9.83. The molecule has 0 bridgehead atoms. The number of nitrogens with one attached hydrogen (secondary N) is 2. The molecule has 7 heteroatoms. The second-order valence-electron chi connectivity index (χ2n) is 8.63. The summed E-state index contributed by atoms with van der Waals surface area (Å²) in [6, 6.07) is 6.01. The fraction of sp³-hybridized carbons (Fsp3) is 0.348. The number of aromatic amines is 1. The number of hydrogen-bond acceptors (Lipinski definition) is 5. The lowest BCUT2D eigenvalue weighted by Crippen LogP contribution is -2.38. The van der Waals surface area contributed by atoms with Crippen molar-refractivity contribution < 1.29 is 18.7 Å². The summed E-state index contributed by atoms with van der Waals surface area (Å²) in [6.45, 7) is 5.93. The summed E-state index contributed by atoms with van der Waals surface area (Å²) in [5, 5.41) is 10.4. The summed E-state index contributed by atoms with van der Waals surface area (Å²) in [7, 11) is 1.33. The quantitative estimate of drug-likeness (QED) is 0.749. The summed E-state index contributed by atoms with van der Waals surface area (Å²) in [4.78, 5) is 26.0.